The maximum Gasteiger partial charge on any atom is 0.341 e. The molecule has 1 N–H and O–H groups in total. The molecule has 0 radical (unpaired) electrons. The molecule has 2 aromatic carbocycles. The van der Waals surface area contributed by atoms with Crippen LogP contribution in [0.2, 0.25) is 0 Å². The standard InChI is InChI=1S/C15H8BrF2NO4/c16-13-10(22-6-11(20)21)5-4-7-14(19-23-15(7)13)12-8(17)2-1-3-9(12)18/h1-5H,6H2,(H,20,21). The Balaban J connectivity index is 2.12. The number of rotatable bonds is 4. The van der Waals surface area contributed by atoms with E-state index in [1.807, 2.05) is 0 Å². The lowest BCUT2D eigenvalue weighted by molar-refractivity contribution is -0.139. The van der Waals surface area contributed by atoms with Gasteiger partial charge in [-0.3, -0.25) is 0 Å². The zero-order valence-electron chi connectivity index (χ0n) is 11.3. The van der Waals surface area contributed by atoms with Gasteiger partial charge < -0.3 is 14.4 Å². The fraction of sp³-hybridized carbons (Fsp3) is 0.0667. The van der Waals surface area contributed by atoms with E-state index < -0.39 is 24.2 Å². The summed E-state index contributed by atoms with van der Waals surface area (Å²) < 4.78 is 38.3. The van der Waals surface area contributed by atoms with Gasteiger partial charge in [0.05, 0.1) is 10.9 Å². The molecule has 0 aliphatic rings. The van der Waals surface area contributed by atoms with Crippen molar-refractivity contribution in [2.45, 2.75) is 0 Å². The lowest BCUT2D eigenvalue weighted by Crippen LogP contribution is -2.09. The zero-order valence-corrected chi connectivity index (χ0v) is 12.9. The number of hydrogen-bond donors (Lipinski definition) is 1. The zero-order chi connectivity index (χ0) is 16.6. The minimum Gasteiger partial charge on any atom is -0.481 e. The second-order valence-electron chi connectivity index (χ2n) is 4.56. The molecule has 0 aliphatic heterocycles. The Labute approximate surface area is 136 Å². The van der Waals surface area contributed by atoms with Gasteiger partial charge in [0, 0.05) is 0 Å². The normalized spacial score (nSPS) is 10.9. The molecule has 0 atom stereocenters. The number of nitrogens with zero attached hydrogens (tertiary/aromatic N) is 1. The third-order valence-corrected chi connectivity index (χ3v) is 3.85. The van der Waals surface area contributed by atoms with E-state index in [0.717, 1.165) is 12.1 Å². The smallest absolute Gasteiger partial charge is 0.341 e. The molecule has 0 saturated heterocycles. The Bertz CT molecular complexity index is 890. The molecular formula is C15H8BrF2NO4. The third kappa shape index (κ3) is 2.77. The molecule has 118 valence electrons. The van der Waals surface area contributed by atoms with Crippen molar-refractivity contribution in [1.82, 2.24) is 5.16 Å². The van der Waals surface area contributed by atoms with Crippen molar-refractivity contribution in [2.75, 3.05) is 6.61 Å². The first-order valence-electron chi connectivity index (χ1n) is 6.36. The van der Waals surface area contributed by atoms with E-state index in [-0.39, 0.29) is 22.6 Å². The lowest BCUT2D eigenvalue weighted by Gasteiger charge is -2.06. The molecule has 0 fully saturated rings. The van der Waals surface area contributed by atoms with Crippen molar-refractivity contribution in [3.05, 3.63) is 46.4 Å². The largest absolute Gasteiger partial charge is 0.481 e. The summed E-state index contributed by atoms with van der Waals surface area (Å²) in [6.07, 6.45) is 0. The van der Waals surface area contributed by atoms with Crippen LogP contribution in [-0.2, 0) is 4.79 Å². The molecule has 0 bridgehead atoms. The van der Waals surface area contributed by atoms with Gasteiger partial charge in [0.25, 0.3) is 0 Å². The highest BCUT2D eigenvalue weighted by Gasteiger charge is 2.21. The summed E-state index contributed by atoms with van der Waals surface area (Å²) in [7, 11) is 0. The number of carboxylic acids is 1. The van der Waals surface area contributed by atoms with Crippen LogP contribution in [0.1, 0.15) is 0 Å². The van der Waals surface area contributed by atoms with Crippen molar-refractivity contribution in [1.29, 1.82) is 0 Å². The fourth-order valence-electron chi connectivity index (χ4n) is 2.11. The Morgan fingerprint density at radius 1 is 1.26 bits per heavy atom. The van der Waals surface area contributed by atoms with Crippen LogP contribution in [0.15, 0.2) is 39.3 Å². The molecular weight excluding hydrogens is 376 g/mol. The predicted octanol–water partition coefficient (Wildman–Crippen LogP) is 4.00. The van der Waals surface area contributed by atoms with Crippen LogP contribution in [0.3, 0.4) is 0 Å². The number of hydrogen-bond acceptors (Lipinski definition) is 4. The maximum absolute atomic E-state index is 13.9. The van der Waals surface area contributed by atoms with Crippen LogP contribution in [0, 0.1) is 11.6 Å². The molecule has 0 spiro atoms. The number of carboxylic acid groups (broad SMARTS) is 1. The quantitative estimate of drug-likeness (QED) is 0.736. The average molecular weight is 384 g/mol. The van der Waals surface area contributed by atoms with Gasteiger partial charge in [0.2, 0.25) is 0 Å². The van der Waals surface area contributed by atoms with E-state index in [2.05, 4.69) is 21.1 Å². The first kappa shape index (κ1) is 15.4. The summed E-state index contributed by atoms with van der Waals surface area (Å²) >= 11 is 3.22. The van der Waals surface area contributed by atoms with Gasteiger partial charge in [-0.1, -0.05) is 11.2 Å². The molecule has 1 aromatic heterocycles. The van der Waals surface area contributed by atoms with Gasteiger partial charge in [-0.25, -0.2) is 13.6 Å². The average Bonchev–Trinajstić information content (AvgIpc) is 2.91. The van der Waals surface area contributed by atoms with Crippen LogP contribution in [0.25, 0.3) is 22.2 Å². The number of halogens is 3. The van der Waals surface area contributed by atoms with Crippen LogP contribution in [-0.4, -0.2) is 22.8 Å². The van der Waals surface area contributed by atoms with Crippen LogP contribution >= 0.6 is 15.9 Å². The van der Waals surface area contributed by atoms with Gasteiger partial charge in [-0.2, -0.15) is 0 Å². The van der Waals surface area contributed by atoms with Crippen molar-refractivity contribution in [3.63, 3.8) is 0 Å². The van der Waals surface area contributed by atoms with E-state index in [9.17, 15) is 13.6 Å². The SMILES string of the molecule is O=C(O)COc1ccc2c(-c3c(F)cccc3F)noc2c1Br. The summed E-state index contributed by atoms with van der Waals surface area (Å²) in [5.41, 5.74) is -0.0796. The van der Waals surface area contributed by atoms with Crippen molar-refractivity contribution >= 4 is 32.9 Å². The summed E-state index contributed by atoms with van der Waals surface area (Å²) in [6.45, 7) is -0.535. The molecule has 3 rings (SSSR count). The van der Waals surface area contributed by atoms with E-state index >= 15 is 0 Å². The van der Waals surface area contributed by atoms with Crippen molar-refractivity contribution in [3.8, 4) is 17.0 Å². The Hall–Kier alpha value is -2.48. The van der Waals surface area contributed by atoms with Gasteiger partial charge >= 0.3 is 5.97 Å². The minimum atomic E-state index is -1.14. The monoisotopic (exact) mass is 383 g/mol. The highest BCUT2D eigenvalue weighted by molar-refractivity contribution is 9.10. The predicted molar refractivity (Wildman–Crippen MR) is 80.2 cm³/mol. The molecule has 5 nitrogen and oxygen atoms in total. The van der Waals surface area contributed by atoms with E-state index in [1.54, 1.807) is 0 Å². The number of carbonyl (C=O) groups is 1. The summed E-state index contributed by atoms with van der Waals surface area (Å²) in [5.74, 6) is -2.44. The van der Waals surface area contributed by atoms with E-state index in [4.69, 9.17) is 14.4 Å². The van der Waals surface area contributed by atoms with Gasteiger partial charge in [0.15, 0.2) is 12.2 Å². The Kier molecular flexibility index (Phi) is 3.99. The maximum atomic E-state index is 13.9. The number of ether oxygens (including phenoxy) is 1. The Morgan fingerprint density at radius 3 is 2.61 bits per heavy atom. The Morgan fingerprint density at radius 2 is 1.96 bits per heavy atom. The summed E-state index contributed by atoms with van der Waals surface area (Å²) in [6, 6.07) is 6.46. The van der Waals surface area contributed by atoms with Crippen LogP contribution in [0.5, 0.6) is 5.75 Å². The summed E-state index contributed by atoms with van der Waals surface area (Å²) in [4.78, 5) is 10.6. The highest BCUT2D eigenvalue weighted by atomic mass is 79.9. The van der Waals surface area contributed by atoms with Crippen molar-refractivity contribution in [2.24, 2.45) is 0 Å². The lowest BCUT2D eigenvalue weighted by atomic mass is 10.1. The number of fused-ring (bicyclic) bond motifs is 1. The molecule has 3 aromatic rings. The van der Waals surface area contributed by atoms with Crippen molar-refractivity contribution < 1.29 is 27.9 Å². The molecule has 8 heteroatoms. The first-order chi connectivity index (χ1) is 11.0. The molecule has 23 heavy (non-hydrogen) atoms. The van der Waals surface area contributed by atoms with Gasteiger partial charge in [-0.15, -0.1) is 0 Å². The van der Waals surface area contributed by atoms with Gasteiger partial charge in [0.1, 0.15) is 27.6 Å². The second-order valence-corrected chi connectivity index (χ2v) is 5.36. The number of aromatic nitrogens is 1. The minimum absolute atomic E-state index is 0.0149. The molecule has 0 amide bonds. The molecule has 0 unspecified atom stereocenters. The topological polar surface area (TPSA) is 72.6 Å². The summed E-state index contributed by atoms with van der Waals surface area (Å²) in [5, 5.41) is 12.7. The molecule has 1 heterocycles. The van der Waals surface area contributed by atoms with E-state index in [1.165, 1.54) is 18.2 Å². The number of benzene rings is 2. The molecule has 0 saturated carbocycles. The number of aliphatic carboxylic acids is 1. The fourth-order valence-corrected chi connectivity index (χ4v) is 2.64. The third-order valence-electron chi connectivity index (χ3n) is 3.10. The van der Waals surface area contributed by atoms with Gasteiger partial charge in [-0.05, 0) is 40.2 Å². The highest BCUT2D eigenvalue weighted by Crippen LogP contribution is 2.38. The second kappa shape index (κ2) is 5.96. The van der Waals surface area contributed by atoms with Crippen LogP contribution in [0.4, 0.5) is 8.78 Å². The first-order valence-corrected chi connectivity index (χ1v) is 7.15. The van der Waals surface area contributed by atoms with E-state index in [0.29, 0.717) is 9.86 Å². The van der Waals surface area contributed by atoms with Crippen LogP contribution < -0.4 is 4.74 Å². The molecule has 0 aliphatic carbocycles.